The number of carbonyl (C=O) groups is 1. The first kappa shape index (κ1) is 23.1. The smallest absolute Gasteiger partial charge is 0.251 e. The second-order valence-corrected chi connectivity index (χ2v) is 9.27. The Hall–Kier alpha value is -3.71. The van der Waals surface area contributed by atoms with Crippen molar-refractivity contribution in [2.75, 3.05) is 20.1 Å². The van der Waals surface area contributed by atoms with E-state index in [0.29, 0.717) is 5.75 Å². The van der Waals surface area contributed by atoms with Crippen molar-refractivity contribution < 1.29 is 9.53 Å². The molecule has 1 aliphatic rings. The molecule has 5 rings (SSSR count). The number of aromatic nitrogens is 3. The lowest BCUT2D eigenvalue weighted by Gasteiger charge is -2.30. The molecule has 0 radical (unpaired) electrons. The summed E-state index contributed by atoms with van der Waals surface area (Å²) in [6.45, 7) is 4.07. The average Bonchev–Trinajstić information content (AvgIpc) is 3.23. The van der Waals surface area contributed by atoms with Crippen molar-refractivity contribution >= 4 is 16.8 Å². The number of nitrogens with zero attached hydrogens (tertiary/aromatic N) is 4. The number of likely N-dealkylation sites (N-methyl/N-ethyl adjacent to an activating group) is 1. The highest BCUT2D eigenvalue weighted by Crippen LogP contribution is 2.29. The third-order valence-corrected chi connectivity index (χ3v) is 6.67. The molecule has 35 heavy (non-hydrogen) atoms. The lowest BCUT2D eigenvalue weighted by molar-refractivity contribution is 0.0911. The fourth-order valence-corrected chi connectivity index (χ4v) is 4.77. The molecular weight excluding hydrogens is 438 g/mol. The maximum atomic E-state index is 13.0. The molecule has 2 aromatic carbocycles. The number of likely N-dealkylation sites (tertiary alicyclic amines) is 1. The SMILES string of the molecule is CCc1cc(-c2cc(Oc3ccc4cnn(C)c4c3)ccn2)ccc1C(=O)N[C@@H]1CCCN(C)C1. The van der Waals surface area contributed by atoms with Crippen molar-refractivity contribution in [2.45, 2.75) is 32.2 Å². The van der Waals surface area contributed by atoms with Gasteiger partial charge in [-0.3, -0.25) is 14.5 Å². The van der Waals surface area contributed by atoms with Crippen molar-refractivity contribution in [1.82, 2.24) is 25.0 Å². The Labute approximate surface area is 205 Å². The minimum absolute atomic E-state index is 0.00398. The van der Waals surface area contributed by atoms with Gasteiger partial charge in [0, 0.05) is 54.5 Å². The molecule has 1 aliphatic heterocycles. The van der Waals surface area contributed by atoms with Crippen LogP contribution in [0, 0.1) is 0 Å². The third-order valence-electron chi connectivity index (χ3n) is 6.67. The van der Waals surface area contributed by atoms with E-state index in [1.54, 1.807) is 6.20 Å². The largest absolute Gasteiger partial charge is 0.457 e. The first-order valence-electron chi connectivity index (χ1n) is 12.2. The monoisotopic (exact) mass is 469 g/mol. The minimum atomic E-state index is 0.00398. The summed E-state index contributed by atoms with van der Waals surface area (Å²) >= 11 is 0. The van der Waals surface area contributed by atoms with Gasteiger partial charge in [0.25, 0.3) is 5.91 Å². The molecule has 1 saturated heterocycles. The second kappa shape index (κ2) is 9.88. The number of benzene rings is 2. The maximum absolute atomic E-state index is 13.0. The van der Waals surface area contributed by atoms with Crippen LogP contribution < -0.4 is 10.1 Å². The van der Waals surface area contributed by atoms with E-state index >= 15 is 0 Å². The number of piperidine rings is 1. The van der Waals surface area contributed by atoms with Gasteiger partial charge >= 0.3 is 0 Å². The van der Waals surface area contributed by atoms with Gasteiger partial charge in [0.2, 0.25) is 0 Å². The van der Waals surface area contributed by atoms with Gasteiger partial charge in [0.1, 0.15) is 11.5 Å². The molecular formula is C28H31N5O2. The normalized spacial score (nSPS) is 16.4. The Morgan fingerprint density at radius 2 is 1.97 bits per heavy atom. The third kappa shape index (κ3) is 5.05. The van der Waals surface area contributed by atoms with Crippen LogP contribution in [-0.2, 0) is 13.5 Å². The molecule has 1 N–H and O–H groups in total. The Kier molecular flexibility index (Phi) is 6.51. The van der Waals surface area contributed by atoms with Crippen LogP contribution in [0.4, 0.5) is 0 Å². The molecule has 1 fully saturated rings. The molecule has 0 unspecified atom stereocenters. The van der Waals surface area contributed by atoms with E-state index in [-0.39, 0.29) is 11.9 Å². The standard InChI is InChI=1S/C28H31N5O2/c1-4-19-14-20(8-10-25(19)28(34)31-22-6-5-13-32(2)18-22)26-15-24(11-12-29-26)35-23-9-7-21-17-30-33(3)27(21)16-23/h7-12,14-17,22H,4-6,13,18H2,1-3H3,(H,31,34)/t22-/m1/s1. The number of carbonyl (C=O) groups excluding carboxylic acids is 1. The summed E-state index contributed by atoms with van der Waals surface area (Å²) in [6.07, 6.45) is 6.49. The summed E-state index contributed by atoms with van der Waals surface area (Å²) in [5, 5.41) is 8.59. The summed E-state index contributed by atoms with van der Waals surface area (Å²) in [6, 6.07) is 15.9. The fourth-order valence-electron chi connectivity index (χ4n) is 4.77. The van der Waals surface area contributed by atoms with Crippen LogP contribution >= 0.6 is 0 Å². The van der Waals surface area contributed by atoms with Gasteiger partial charge in [-0.05, 0) is 68.8 Å². The molecule has 1 atom stereocenters. The molecule has 0 bridgehead atoms. The van der Waals surface area contributed by atoms with E-state index in [2.05, 4.69) is 40.3 Å². The molecule has 0 spiro atoms. The fraction of sp³-hybridized carbons (Fsp3) is 0.321. The summed E-state index contributed by atoms with van der Waals surface area (Å²) in [5.74, 6) is 1.45. The van der Waals surface area contributed by atoms with Crippen molar-refractivity contribution in [3.05, 3.63) is 72.1 Å². The molecule has 7 heteroatoms. The van der Waals surface area contributed by atoms with E-state index in [1.165, 1.54) is 0 Å². The van der Waals surface area contributed by atoms with E-state index in [0.717, 1.165) is 71.4 Å². The Balaban J connectivity index is 1.35. The Bertz CT molecular complexity index is 1360. The molecule has 0 saturated carbocycles. The van der Waals surface area contributed by atoms with Gasteiger partial charge in [0.15, 0.2) is 0 Å². The van der Waals surface area contributed by atoms with E-state index in [4.69, 9.17) is 4.74 Å². The number of rotatable bonds is 6. The molecule has 3 heterocycles. The first-order valence-corrected chi connectivity index (χ1v) is 12.2. The summed E-state index contributed by atoms with van der Waals surface area (Å²) in [5.41, 5.74) is 4.53. The van der Waals surface area contributed by atoms with E-state index < -0.39 is 0 Å². The van der Waals surface area contributed by atoms with Crippen molar-refractivity contribution in [3.8, 4) is 22.8 Å². The van der Waals surface area contributed by atoms with Crippen molar-refractivity contribution in [2.24, 2.45) is 7.05 Å². The van der Waals surface area contributed by atoms with Crippen molar-refractivity contribution in [3.63, 3.8) is 0 Å². The lowest BCUT2D eigenvalue weighted by Crippen LogP contribution is -2.46. The molecule has 0 aliphatic carbocycles. The minimum Gasteiger partial charge on any atom is -0.457 e. The molecule has 1 amide bonds. The lowest BCUT2D eigenvalue weighted by atomic mass is 9.98. The molecule has 7 nitrogen and oxygen atoms in total. The van der Waals surface area contributed by atoms with Crippen LogP contribution in [0.1, 0.15) is 35.7 Å². The highest BCUT2D eigenvalue weighted by molar-refractivity contribution is 5.96. The summed E-state index contributed by atoms with van der Waals surface area (Å²) in [7, 11) is 4.02. The quantitative estimate of drug-likeness (QED) is 0.439. The Morgan fingerprint density at radius 1 is 1.11 bits per heavy atom. The van der Waals surface area contributed by atoms with Gasteiger partial charge in [-0.1, -0.05) is 13.0 Å². The number of pyridine rings is 1. The predicted molar refractivity (Wildman–Crippen MR) is 138 cm³/mol. The van der Waals surface area contributed by atoms with Crippen LogP contribution in [0.5, 0.6) is 11.5 Å². The zero-order valence-electron chi connectivity index (χ0n) is 20.5. The number of aryl methyl sites for hydroxylation is 2. The summed E-state index contributed by atoms with van der Waals surface area (Å²) in [4.78, 5) is 19.9. The average molecular weight is 470 g/mol. The van der Waals surface area contributed by atoms with Gasteiger partial charge in [0.05, 0.1) is 17.4 Å². The van der Waals surface area contributed by atoms with E-state index in [1.807, 2.05) is 60.4 Å². The van der Waals surface area contributed by atoms with Crippen LogP contribution in [0.15, 0.2) is 60.9 Å². The van der Waals surface area contributed by atoms with E-state index in [9.17, 15) is 4.79 Å². The number of fused-ring (bicyclic) bond motifs is 1. The topological polar surface area (TPSA) is 72.3 Å². The van der Waals surface area contributed by atoms with Crippen LogP contribution in [0.3, 0.4) is 0 Å². The van der Waals surface area contributed by atoms with Crippen LogP contribution in [-0.4, -0.2) is 51.8 Å². The Morgan fingerprint density at radius 3 is 2.80 bits per heavy atom. The summed E-state index contributed by atoms with van der Waals surface area (Å²) < 4.78 is 7.97. The van der Waals surface area contributed by atoms with Gasteiger partial charge in [-0.2, -0.15) is 5.10 Å². The van der Waals surface area contributed by atoms with Crippen molar-refractivity contribution in [1.29, 1.82) is 0 Å². The maximum Gasteiger partial charge on any atom is 0.251 e. The zero-order chi connectivity index (χ0) is 24.4. The number of amides is 1. The van der Waals surface area contributed by atoms with Crippen LogP contribution in [0.25, 0.3) is 22.2 Å². The van der Waals surface area contributed by atoms with Gasteiger partial charge < -0.3 is 15.0 Å². The molecule has 2 aromatic heterocycles. The van der Waals surface area contributed by atoms with Crippen LogP contribution in [0.2, 0.25) is 0 Å². The predicted octanol–water partition coefficient (Wildman–Crippen LogP) is 4.81. The molecule has 180 valence electrons. The highest BCUT2D eigenvalue weighted by atomic mass is 16.5. The molecule has 4 aromatic rings. The van der Waals surface area contributed by atoms with Gasteiger partial charge in [-0.25, -0.2) is 0 Å². The highest BCUT2D eigenvalue weighted by Gasteiger charge is 2.21. The number of hydrogen-bond acceptors (Lipinski definition) is 5. The van der Waals surface area contributed by atoms with Gasteiger partial charge in [-0.15, -0.1) is 0 Å². The zero-order valence-corrected chi connectivity index (χ0v) is 20.5. The second-order valence-electron chi connectivity index (χ2n) is 9.27. The number of hydrogen-bond donors (Lipinski definition) is 1. The number of ether oxygens (including phenoxy) is 1. The first-order chi connectivity index (χ1) is 17.0. The number of nitrogens with one attached hydrogen (secondary N) is 1.